The average Bonchev–Trinajstić information content (AvgIpc) is 2.19. The van der Waals surface area contributed by atoms with Crippen LogP contribution in [0.2, 0.25) is 0 Å². The molecule has 0 atom stereocenters. The van der Waals surface area contributed by atoms with Gasteiger partial charge in [0.2, 0.25) is 0 Å². The topological polar surface area (TPSA) is 16.1 Å². The second kappa shape index (κ2) is 3.93. The van der Waals surface area contributed by atoms with Crippen molar-refractivity contribution >= 4 is 5.57 Å². The molecule has 0 saturated carbocycles. The SMILES string of the molecule is Cc1cc(C2=CCN(C)CC2)ccn1. The molecular formula is C12H16N2. The van der Waals surface area contributed by atoms with E-state index in [4.69, 9.17) is 0 Å². The van der Waals surface area contributed by atoms with E-state index in [1.54, 1.807) is 0 Å². The Balaban J connectivity index is 2.23. The van der Waals surface area contributed by atoms with E-state index >= 15 is 0 Å². The predicted octanol–water partition coefficient (Wildman–Crippen LogP) is 2.11. The summed E-state index contributed by atoms with van der Waals surface area (Å²) >= 11 is 0. The lowest BCUT2D eigenvalue weighted by Crippen LogP contribution is -2.23. The highest BCUT2D eigenvalue weighted by Gasteiger charge is 2.09. The lowest BCUT2D eigenvalue weighted by molar-refractivity contribution is 0.370. The van der Waals surface area contributed by atoms with Crippen molar-refractivity contribution in [1.29, 1.82) is 0 Å². The molecule has 0 aromatic carbocycles. The van der Waals surface area contributed by atoms with Crippen molar-refractivity contribution in [2.75, 3.05) is 20.1 Å². The van der Waals surface area contributed by atoms with Crippen molar-refractivity contribution in [3.05, 3.63) is 35.7 Å². The van der Waals surface area contributed by atoms with Crippen LogP contribution in [-0.2, 0) is 0 Å². The standard InChI is InChI=1S/C12H16N2/c1-10-9-12(3-6-13-10)11-4-7-14(2)8-5-11/h3-4,6,9H,5,7-8H2,1-2H3. The van der Waals surface area contributed by atoms with E-state index in [-0.39, 0.29) is 0 Å². The number of pyridine rings is 1. The van der Waals surface area contributed by atoms with Gasteiger partial charge in [0.05, 0.1) is 0 Å². The minimum Gasteiger partial charge on any atom is -0.302 e. The zero-order valence-electron chi connectivity index (χ0n) is 8.83. The minimum atomic E-state index is 1.07. The number of nitrogens with zero attached hydrogens (tertiary/aromatic N) is 2. The van der Waals surface area contributed by atoms with Gasteiger partial charge >= 0.3 is 0 Å². The summed E-state index contributed by atoms with van der Waals surface area (Å²) in [4.78, 5) is 6.54. The van der Waals surface area contributed by atoms with Gasteiger partial charge in [-0.15, -0.1) is 0 Å². The van der Waals surface area contributed by atoms with Crippen molar-refractivity contribution < 1.29 is 0 Å². The molecule has 1 aliphatic heterocycles. The van der Waals surface area contributed by atoms with Gasteiger partial charge in [-0.2, -0.15) is 0 Å². The quantitative estimate of drug-likeness (QED) is 0.671. The Morgan fingerprint density at radius 2 is 2.29 bits per heavy atom. The van der Waals surface area contributed by atoms with Gasteiger partial charge in [0.1, 0.15) is 0 Å². The van der Waals surface area contributed by atoms with E-state index in [0.717, 1.165) is 25.2 Å². The van der Waals surface area contributed by atoms with Gasteiger partial charge in [-0.1, -0.05) is 6.08 Å². The molecule has 0 N–H and O–H groups in total. The first-order valence-corrected chi connectivity index (χ1v) is 5.06. The molecule has 1 aliphatic rings. The molecule has 0 unspecified atom stereocenters. The van der Waals surface area contributed by atoms with Crippen LogP contribution < -0.4 is 0 Å². The molecule has 1 aromatic heterocycles. The number of hydrogen-bond donors (Lipinski definition) is 0. The van der Waals surface area contributed by atoms with E-state index < -0.39 is 0 Å². The normalized spacial score (nSPS) is 18.0. The summed E-state index contributed by atoms with van der Waals surface area (Å²) in [5.74, 6) is 0. The van der Waals surface area contributed by atoms with Crippen LogP contribution >= 0.6 is 0 Å². The van der Waals surface area contributed by atoms with Crippen molar-refractivity contribution in [3.63, 3.8) is 0 Å². The number of aryl methyl sites for hydroxylation is 1. The molecule has 0 amide bonds. The van der Waals surface area contributed by atoms with Crippen molar-refractivity contribution in [2.45, 2.75) is 13.3 Å². The monoisotopic (exact) mass is 188 g/mol. The van der Waals surface area contributed by atoms with Crippen LogP contribution in [0, 0.1) is 6.92 Å². The van der Waals surface area contributed by atoms with E-state index in [2.05, 4.69) is 35.1 Å². The van der Waals surface area contributed by atoms with Crippen molar-refractivity contribution in [1.82, 2.24) is 9.88 Å². The Bertz CT molecular complexity index is 355. The smallest absolute Gasteiger partial charge is 0.0378 e. The van der Waals surface area contributed by atoms with Gasteiger partial charge in [0.15, 0.2) is 0 Å². The maximum atomic E-state index is 4.21. The third kappa shape index (κ3) is 2.02. The molecule has 0 radical (unpaired) electrons. The number of likely N-dealkylation sites (N-methyl/N-ethyl adjacent to an activating group) is 1. The van der Waals surface area contributed by atoms with Gasteiger partial charge in [0.25, 0.3) is 0 Å². The molecular weight excluding hydrogens is 172 g/mol. The third-order valence-electron chi connectivity index (χ3n) is 2.68. The maximum Gasteiger partial charge on any atom is 0.0378 e. The molecule has 0 spiro atoms. The Hall–Kier alpha value is -1.15. The Labute approximate surface area is 85.3 Å². The van der Waals surface area contributed by atoms with Gasteiger partial charge in [-0.3, -0.25) is 4.98 Å². The van der Waals surface area contributed by atoms with Crippen LogP contribution in [0.15, 0.2) is 24.4 Å². The van der Waals surface area contributed by atoms with Crippen LogP contribution in [0.5, 0.6) is 0 Å². The Morgan fingerprint density at radius 3 is 2.93 bits per heavy atom. The lowest BCUT2D eigenvalue weighted by atomic mass is 10.0. The molecule has 0 fully saturated rings. The van der Waals surface area contributed by atoms with Crippen molar-refractivity contribution in [3.8, 4) is 0 Å². The molecule has 2 nitrogen and oxygen atoms in total. The zero-order valence-corrected chi connectivity index (χ0v) is 8.83. The summed E-state index contributed by atoms with van der Waals surface area (Å²) < 4.78 is 0. The van der Waals surface area contributed by atoms with E-state index in [9.17, 15) is 0 Å². The van der Waals surface area contributed by atoms with Crippen LogP contribution in [-0.4, -0.2) is 30.0 Å². The fourth-order valence-electron chi connectivity index (χ4n) is 1.78. The highest BCUT2D eigenvalue weighted by molar-refractivity contribution is 5.66. The van der Waals surface area contributed by atoms with Crippen LogP contribution in [0.1, 0.15) is 17.7 Å². The van der Waals surface area contributed by atoms with Crippen LogP contribution in [0.25, 0.3) is 5.57 Å². The van der Waals surface area contributed by atoms with Crippen molar-refractivity contribution in [2.24, 2.45) is 0 Å². The summed E-state index contributed by atoms with van der Waals surface area (Å²) in [7, 11) is 2.16. The van der Waals surface area contributed by atoms with Gasteiger partial charge in [0, 0.05) is 25.0 Å². The molecule has 74 valence electrons. The van der Waals surface area contributed by atoms with Gasteiger partial charge in [-0.25, -0.2) is 0 Å². The summed E-state index contributed by atoms with van der Waals surface area (Å²) in [5.41, 5.74) is 3.90. The minimum absolute atomic E-state index is 1.07. The van der Waals surface area contributed by atoms with E-state index in [0.29, 0.717) is 0 Å². The fourth-order valence-corrected chi connectivity index (χ4v) is 1.78. The average molecular weight is 188 g/mol. The molecule has 0 bridgehead atoms. The summed E-state index contributed by atoms with van der Waals surface area (Å²) in [6.45, 7) is 4.27. The highest BCUT2D eigenvalue weighted by Crippen LogP contribution is 2.21. The highest BCUT2D eigenvalue weighted by atomic mass is 15.1. The Kier molecular flexibility index (Phi) is 2.64. The molecule has 1 aromatic rings. The zero-order chi connectivity index (χ0) is 9.97. The lowest BCUT2D eigenvalue weighted by Gasteiger charge is -2.22. The van der Waals surface area contributed by atoms with E-state index in [1.807, 2.05) is 13.1 Å². The largest absolute Gasteiger partial charge is 0.302 e. The molecule has 2 rings (SSSR count). The van der Waals surface area contributed by atoms with Gasteiger partial charge < -0.3 is 4.90 Å². The molecule has 2 heterocycles. The Morgan fingerprint density at radius 1 is 1.43 bits per heavy atom. The third-order valence-corrected chi connectivity index (χ3v) is 2.68. The summed E-state index contributed by atoms with van der Waals surface area (Å²) in [6, 6.07) is 4.27. The van der Waals surface area contributed by atoms with Crippen LogP contribution in [0.3, 0.4) is 0 Å². The molecule has 14 heavy (non-hydrogen) atoms. The molecule has 2 heteroatoms. The second-order valence-corrected chi connectivity index (χ2v) is 3.93. The molecule has 0 saturated heterocycles. The molecule has 0 aliphatic carbocycles. The second-order valence-electron chi connectivity index (χ2n) is 3.93. The number of aromatic nitrogens is 1. The summed E-state index contributed by atoms with van der Waals surface area (Å²) in [6.07, 6.45) is 5.36. The first-order valence-electron chi connectivity index (χ1n) is 5.06. The fraction of sp³-hybridized carbons (Fsp3) is 0.417. The number of hydrogen-bond acceptors (Lipinski definition) is 2. The first kappa shape index (κ1) is 9.41. The van der Waals surface area contributed by atoms with Gasteiger partial charge in [-0.05, 0) is 43.7 Å². The predicted molar refractivity (Wildman–Crippen MR) is 59.1 cm³/mol. The first-order chi connectivity index (χ1) is 6.75. The van der Waals surface area contributed by atoms with Crippen LogP contribution in [0.4, 0.5) is 0 Å². The summed E-state index contributed by atoms with van der Waals surface area (Å²) in [5, 5.41) is 0. The van der Waals surface area contributed by atoms with E-state index in [1.165, 1.54) is 11.1 Å². The number of rotatable bonds is 1. The maximum absolute atomic E-state index is 4.21.